The van der Waals surface area contributed by atoms with Crippen molar-refractivity contribution in [1.29, 1.82) is 5.26 Å². The summed E-state index contributed by atoms with van der Waals surface area (Å²) < 4.78 is 1.80. The Morgan fingerprint density at radius 3 is 2.82 bits per heavy atom. The SMILES string of the molecule is CC(C)NC(C)(C#N)CCCn1cc(Cl)cn1. The van der Waals surface area contributed by atoms with E-state index in [1.807, 2.05) is 20.8 Å². The van der Waals surface area contributed by atoms with Gasteiger partial charge in [0.1, 0.15) is 5.54 Å². The lowest BCUT2D eigenvalue weighted by atomic mass is 9.96. The van der Waals surface area contributed by atoms with E-state index in [-0.39, 0.29) is 0 Å². The van der Waals surface area contributed by atoms with Crippen molar-refractivity contribution in [3.63, 3.8) is 0 Å². The number of aryl methyl sites for hydroxylation is 1. The molecule has 94 valence electrons. The van der Waals surface area contributed by atoms with Crippen LogP contribution in [-0.4, -0.2) is 21.4 Å². The van der Waals surface area contributed by atoms with Gasteiger partial charge >= 0.3 is 0 Å². The Morgan fingerprint density at radius 1 is 1.65 bits per heavy atom. The normalized spacial score (nSPS) is 14.6. The highest BCUT2D eigenvalue weighted by Gasteiger charge is 2.23. The molecule has 0 saturated heterocycles. The standard InChI is InChI=1S/C12H19ClN4/c1-10(2)16-12(3,9-14)5-4-6-17-8-11(13)7-15-17/h7-8,10,16H,4-6H2,1-3H3. The first-order valence-electron chi connectivity index (χ1n) is 5.82. The minimum Gasteiger partial charge on any atom is -0.297 e. The molecule has 0 fully saturated rings. The number of nitriles is 1. The Hall–Kier alpha value is -1.05. The van der Waals surface area contributed by atoms with Crippen molar-refractivity contribution in [3.8, 4) is 6.07 Å². The smallest absolute Gasteiger partial charge is 0.104 e. The van der Waals surface area contributed by atoms with E-state index in [4.69, 9.17) is 11.6 Å². The minimum atomic E-state index is -0.467. The van der Waals surface area contributed by atoms with Crippen LogP contribution in [0.4, 0.5) is 0 Å². The van der Waals surface area contributed by atoms with Crippen molar-refractivity contribution < 1.29 is 0 Å². The largest absolute Gasteiger partial charge is 0.297 e. The zero-order valence-corrected chi connectivity index (χ0v) is 11.3. The lowest BCUT2D eigenvalue weighted by Gasteiger charge is -2.25. The molecule has 0 saturated carbocycles. The molecule has 0 radical (unpaired) electrons. The second-order valence-corrected chi connectivity index (χ2v) is 5.20. The van der Waals surface area contributed by atoms with Gasteiger partial charge in [-0.1, -0.05) is 11.6 Å². The first-order chi connectivity index (χ1) is 7.95. The molecule has 1 rings (SSSR count). The van der Waals surface area contributed by atoms with Gasteiger partial charge in [0.05, 0.1) is 17.3 Å². The van der Waals surface area contributed by atoms with Gasteiger partial charge in [-0.3, -0.25) is 10.00 Å². The molecule has 0 aliphatic rings. The number of hydrogen-bond acceptors (Lipinski definition) is 3. The van der Waals surface area contributed by atoms with Gasteiger partial charge in [0, 0.05) is 18.8 Å². The molecule has 1 N–H and O–H groups in total. The Balaban J connectivity index is 2.41. The zero-order chi connectivity index (χ0) is 12.9. The first-order valence-corrected chi connectivity index (χ1v) is 6.20. The highest BCUT2D eigenvalue weighted by molar-refractivity contribution is 6.30. The van der Waals surface area contributed by atoms with Crippen molar-refractivity contribution >= 4 is 11.6 Å². The second kappa shape index (κ2) is 6.04. The molecule has 17 heavy (non-hydrogen) atoms. The average molecular weight is 255 g/mol. The van der Waals surface area contributed by atoms with Crippen LogP contribution in [-0.2, 0) is 6.54 Å². The van der Waals surface area contributed by atoms with Gasteiger partial charge in [0.15, 0.2) is 0 Å². The van der Waals surface area contributed by atoms with E-state index in [1.54, 1.807) is 17.1 Å². The van der Waals surface area contributed by atoms with Crippen molar-refractivity contribution in [1.82, 2.24) is 15.1 Å². The van der Waals surface area contributed by atoms with Crippen molar-refractivity contribution in [2.75, 3.05) is 0 Å². The number of rotatable bonds is 6. The summed E-state index contributed by atoms with van der Waals surface area (Å²) in [5.41, 5.74) is -0.467. The van der Waals surface area contributed by atoms with Crippen molar-refractivity contribution in [2.24, 2.45) is 0 Å². The Labute approximate surface area is 108 Å². The molecule has 1 aromatic heterocycles. The molecule has 0 aliphatic carbocycles. The van der Waals surface area contributed by atoms with Crippen LogP contribution < -0.4 is 5.32 Å². The van der Waals surface area contributed by atoms with E-state index in [0.29, 0.717) is 11.1 Å². The quantitative estimate of drug-likeness (QED) is 0.849. The fourth-order valence-corrected chi connectivity index (χ4v) is 2.01. The lowest BCUT2D eigenvalue weighted by molar-refractivity contribution is 0.361. The monoisotopic (exact) mass is 254 g/mol. The maximum absolute atomic E-state index is 9.18. The van der Waals surface area contributed by atoms with E-state index in [9.17, 15) is 5.26 Å². The summed E-state index contributed by atoms with van der Waals surface area (Å²) in [6, 6.07) is 2.64. The van der Waals surface area contributed by atoms with Gasteiger partial charge in [0.2, 0.25) is 0 Å². The summed E-state index contributed by atoms with van der Waals surface area (Å²) in [6.07, 6.45) is 5.10. The molecule has 1 atom stereocenters. The van der Waals surface area contributed by atoms with Crippen LogP contribution in [0.5, 0.6) is 0 Å². The Bertz CT molecular complexity index is 393. The highest BCUT2D eigenvalue weighted by Crippen LogP contribution is 2.14. The zero-order valence-electron chi connectivity index (χ0n) is 10.6. The van der Waals surface area contributed by atoms with Crippen LogP contribution in [0.2, 0.25) is 5.02 Å². The highest BCUT2D eigenvalue weighted by atomic mass is 35.5. The topological polar surface area (TPSA) is 53.6 Å². The van der Waals surface area contributed by atoms with Crippen LogP contribution in [0.25, 0.3) is 0 Å². The Morgan fingerprint density at radius 2 is 2.35 bits per heavy atom. The summed E-state index contributed by atoms with van der Waals surface area (Å²) in [4.78, 5) is 0. The average Bonchev–Trinajstić information content (AvgIpc) is 2.63. The summed E-state index contributed by atoms with van der Waals surface area (Å²) in [7, 11) is 0. The third-order valence-electron chi connectivity index (χ3n) is 2.52. The molecule has 0 aliphatic heterocycles. The predicted octanol–water partition coefficient (Wildman–Crippen LogP) is 2.60. The van der Waals surface area contributed by atoms with E-state index < -0.39 is 5.54 Å². The van der Waals surface area contributed by atoms with Gasteiger partial charge in [-0.25, -0.2) is 0 Å². The molecule has 0 aromatic carbocycles. The fraction of sp³-hybridized carbons (Fsp3) is 0.667. The molecule has 1 heterocycles. The molecule has 4 nitrogen and oxygen atoms in total. The summed E-state index contributed by atoms with van der Waals surface area (Å²) in [6.45, 7) is 6.80. The van der Waals surface area contributed by atoms with Crippen LogP contribution in [0, 0.1) is 11.3 Å². The third kappa shape index (κ3) is 4.76. The number of aromatic nitrogens is 2. The van der Waals surface area contributed by atoms with Gasteiger partial charge in [-0.2, -0.15) is 10.4 Å². The van der Waals surface area contributed by atoms with E-state index >= 15 is 0 Å². The number of halogens is 1. The van der Waals surface area contributed by atoms with Crippen LogP contribution in [0.3, 0.4) is 0 Å². The first kappa shape index (κ1) is 14.0. The van der Waals surface area contributed by atoms with E-state index in [1.165, 1.54) is 0 Å². The molecule has 5 heteroatoms. The molecular weight excluding hydrogens is 236 g/mol. The van der Waals surface area contributed by atoms with Gasteiger partial charge in [0.25, 0.3) is 0 Å². The van der Waals surface area contributed by atoms with Crippen LogP contribution in [0.1, 0.15) is 33.6 Å². The van der Waals surface area contributed by atoms with E-state index in [0.717, 1.165) is 19.4 Å². The molecule has 0 spiro atoms. The van der Waals surface area contributed by atoms with E-state index in [2.05, 4.69) is 16.5 Å². The Kier molecular flexibility index (Phi) is 4.98. The van der Waals surface area contributed by atoms with Crippen molar-refractivity contribution in [2.45, 2.75) is 51.7 Å². The fourth-order valence-electron chi connectivity index (χ4n) is 1.85. The van der Waals surface area contributed by atoms with Crippen LogP contribution >= 0.6 is 11.6 Å². The van der Waals surface area contributed by atoms with Crippen molar-refractivity contribution in [3.05, 3.63) is 17.4 Å². The maximum atomic E-state index is 9.18. The van der Waals surface area contributed by atoms with Gasteiger partial charge in [-0.15, -0.1) is 0 Å². The molecule has 0 bridgehead atoms. The molecular formula is C12H19ClN4. The molecule has 0 amide bonds. The van der Waals surface area contributed by atoms with Crippen LogP contribution in [0.15, 0.2) is 12.4 Å². The number of hydrogen-bond donors (Lipinski definition) is 1. The lowest BCUT2D eigenvalue weighted by Crippen LogP contribution is -2.45. The molecule has 1 aromatic rings. The third-order valence-corrected chi connectivity index (χ3v) is 2.71. The summed E-state index contributed by atoms with van der Waals surface area (Å²) in [5, 5.41) is 17.2. The summed E-state index contributed by atoms with van der Waals surface area (Å²) in [5.74, 6) is 0. The summed E-state index contributed by atoms with van der Waals surface area (Å²) >= 11 is 5.78. The minimum absolute atomic E-state index is 0.304. The van der Waals surface area contributed by atoms with Gasteiger partial charge in [-0.05, 0) is 33.6 Å². The van der Waals surface area contributed by atoms with Gasteiger partial charge < -0.3 is 0 Å². The number of nitrogens with one attached hydrogen (secondary N) is 1. The second-order valence-electron chi connectivity index (χ2n) is 4.77. The predicted molar refractivity (Wildman–Crippen MR) is 68.8 cm³/mol. The number of nitrogens with zero attached hydrogens (tertiary/aromatic N) is 3. The molecule has 1 unspecified atom stereocenters. The maximum Gasteiger partial charge on any atom is 0.104 e.